The maximum absolute atomic E-state index is 13.0. The fourth-order valence-electron chi connectivity index (χ4n) is 3.26. The zero-order valence-corrected chi connectivity index (χ0v) is 14.0. The summed E-state index contributed by atoms with van der Waals surface area (Å²) in [5, 5.41) is 4.19. The third kappa shape index (κ3) is 3.28. The molecule has 0 radical (unpaired) electrons. The van der Waals surface area contributed by atoms with Gasteiger partial charge in [0.2, 0.25) is 0 Å². The normalized spacial score (nSPS) is 17.2. The lowest BCUT2D eigenvalue weighted by molar-refractivity contribution is 0.0712. The Morgan fingerprint density at radius 3 is 3.00 bits per heavy atom. The van der Waals surface area contributed by atoms with Crippen molar-refractivity contribution in [1.29, 1.82) is 0 Å². The van der Waals surface area contributed by atoms with E-state index in [1.165, 1.54) is 6.33 Å². The van der Waals surface area contributed by atoms with Crippen molar-refractivity contribution in [3.63, 3.8) is 0 Å². The average molecular weight is 337 g/mol. The Morgan fingerprint density at radius 1 is 1.28 bits per heavy atom. The summed E-state index contributed by atoms with van der Waals surface area (Å²) in [6.45, 7) is 4.56. The molecular weight excluding hydrogens is 318 g/mol. The molecule has 1 aliphatic rings. The summed E-state index contributed by atoms with van der Waals surface area (Å²) in [7, 11) is 0. The van der Waals surface area contributed by atoms with Crippen LogP contribution in [0.2, 0.25) is 0 Å². The van der Waals surface area contributed by atoms with Crippen LogP contribution in [0.1, 0.15) is 21.7 Å². The van der Waals surface area contributed by atoms with Gasteiger partial charge >= 0.3 is 0 Å². The number of carbonyl (C=O) groups is 1. The third-order valence-electron chi connectivity index (χ3n) is 4.39. The van der Waals surface area contributed by atoms with E-state index in [0.717, 1.165) is 17.9 Å². The molecule has 0 N–H and O–H groups in total. The number of hydrogen-bond acceptors (Lipinski definition) is 5. The van der Waals surface area contributed by atoms with Crippen molar-refractivity contribution < 1.29 is 4.79 Å². The number of nitrogens with zero attached hydrogens (tertiary/aromatic N) is 7. The highest BCUT2D eigenvalue weighted by atomic mass is 16.2. The van der Waals surface area contributed by atoms with E-state index in [1.54, 1.807) is 24.9 Å². The molecule has 25 heavy (non-hydrogen) atoms. The number of imidazole rings is 1. The van der Waals surface area contributed by atoms with Gasteiger partial charge in [-0.2, -0.15) is 5.10 Å². The molecule has 0 saturated heterocycles. The number of carbonyl (C=O) groups excluding carboxylic acids is 1. The van der Waals surface area contributed by atoms with Gasteiger partial charge < -0.3 is 9.47 Å². The lowest BCUT2D eigenvalue weighted by Crippen LogP contribution is -2.35. The van der Waals surface area contributed by atoms with Crippen molar-refractivity contribution in [2.75, 3.05) is 6.54 Å². The summed E-state index contributed by atoms with van der Waals surface area (Å²) >= 11 is 0. The standard InChI is InChI=1S/C17H19N7O/c1-13-4-15(6-18-5-13)17(25)23-8-14(9-24-12-19-11-21-24)7-22-3-2-20-16(22)10-23/h2-6,11-12,14H,7-10H2,1H3/t14-/m0/s1. The summed E-state index contributed by atoms with van der Waals surface area (Å²) in [6.07, 6.45) is 10.4. The summed E-state index contributed by atoms with van der Waals surface area (Å²) < 4.78 is 3.92. The molecule has 8 nitrogen and oxygen atoms in total. The SMILES string of the molecule is Cc1cncc(C(=O)N2Cc3nccn3C[C@H](Cn3cncn3)C2)c1. The molecule has 0 fully saturated rings. The van der Waals surface area contributed by atoms with Crippen molar-refractivity contribution in [2.24, 2.45) is 5.92 Å². The molecule has 0 bridgehead atoms. The smallest absolute Gasteiger partial charge is 0.255 e. The van der Waals surface area contributed by atoms with E-state index in [4.69, 9.17) is 0 Å². The Morgan fingerprint density at radius 2 is 2.20 bits per heavy atom. The quantitative estimate of drug-likeness (QED) is 0.716. The molecule has 1 amide bonds. The van der Waals surface area contributed by atoms with Gasteiger partial charge in [0.25, 0.3) is 5.91 Å². The number of aryl methyl sites for hydroxylation is 1. The molecule has 3 aromatic rings. The molecule has 4 rings (SSSR count). The molecule has 3 aromatic heterocycles. The van der Waals surface area contributed by atoms with Gasteiger partial charge in [0.15, 0.2) is 0 Å². The van der Waals surface area contributed by atoms with Crippen LogP contribution in [0.5, 0.6) is 0 Å². The van der Waals surface area contributed by atoms with Crippen molar-refractivity contribution in [2.45, 2.75) is 26.6 Å². The van der Waals surface area contributed by atoms with Crippen LogP contribution in [0.25, 0.3) is 0 Å². The van der Waals surface area contributed by atoms with E-state index >= 15 is 0 Å². The Bertz CT molecular complexity index is 871. The van der Waals surface area contributed by atoms with Gasteiger partial charge in [-0.1, -0.05) is 0 Å². The molecule has 8 heteroatoms. The van der Waals surface area contributed by atoms with E-state index in [0.29, 0.717) is 25.2 Å². The van der Waals surface area contributed by atoms with Crippen LogP contribution in [-0.2, 0) is 19.6 Å². The molecule has 1 atom stereocenters. The van der Waals surface area contributed by atoms with Crippen LogP contribution >= 0.6 is 0 Å². The summed E-state index contributed by atoms with van der Waals surface area (Å²) in [4.78, 5) is 27.4. The number of hydrogen-bond donors (Lipinski definition) is 0. The van der Waals surface area contributed by atoms with E-state index in [1.807, 2.05) is 28.8 Å². The molecule has 0 unspecified atom stereocenters. The molecule has 0 aromatic carbocycles. The predicted molar refractivity (Wildman–Crippen MR) is 89.5 cm³/mol. The second-order valence-electron chi connectivity index (χ2n) is 6.42. The molecule has 1 aliphatic heterocycles. The average Bonchev–Trinajstić information content (AvgIpc) is 3.23. The fourth-order valence-corrected chi connectivity index (χ4v) is 3.26. The van der Waals surface area contributed by atoms with Crippen LogP contribution < -0.4 is 0 Å². The maximum atomic E-state index is 13.0. The minimum atomic E-state index is -0.0174. The van der Waals surface area contributed by atoms with Crippen LogP contribution in [0, 0.1) is 12.8 Å². The minimum absolute atomic E-state index is 0.0174. The van der Waals surface area contributed by atoms with E-state index < -0.39 is 0 Å². The second kappa shape index (κ2) is 6.46. The van der Waals surface area contributed by atoms with E-state index in [-0.39, 0.29) is 11.8 Å². The number of rotatable bonds is 3. The van der Waals surface area contributed by atoms with Gasteiger partial charge in [0.05, 0.1) is 12.1 Å². The van der Waals surface area contributed by atoms with Crippen molar-refractivity contribution in [1.82, 2.24) is 34.2 Å². The summed E-state index contributed by atoms with van der Waals surface area (Å²) in [6, 6.07) is 1.87. The van der Waals surface area contributed by atoms with E-state index in [2.05, 4.69) is 24.6 Å². The topological polar surface area (TPSA) is 81.7 Å². The second-order valence-corrected chi connectivity index (χ2v) is 6.42. The molecule has 0 aliphatic carbocycles. The van der Waals surface area contributed by atoms with Gasteiger partial charge in [-0.25, -0.2) is 9.97 Å². The largest absolute Gasteiger partial charge is 0.333 e. The fraction of sp³-hybridized carbons (Fsp3) is 0.353. The zero-order chi connectivity index (χ0) is 17.2. The highest BCUT2D eigenvalue weighted by Crippen LogP contribution is 2.19. The summed E-state index contributed by atoms with van der Waals surface area (Å²) in [5.41, 5.74) is 1.58. The lowest BCUT2D eigenvalue weighted by Gasteiger charge is -2.24. The highest BCUT2D eigenvalue weighted by Gasteiger charge is 2.27. The first-order valence-corrected chi connectivity index (χ1v) is 8.22. The van der Waals surface area contributed by atoms with Crippen molar-refractivity contribution in [3.05, 3.63) is 60.5 Å². The van der Waals surface area contributed by atoms with Gasteiger partial charge in [-0.15, -0.1) is 0 Å². The maximum Gasteiger partial charge on any atom is 0.255 e. The lowest BCUT2D eigenvalue weighted by atomic mass is 10.1. The van der Waals surface area contributed by atoms with Gasteiger partial charge in [-0.3, -0.25) is 14.5 Å². The molecule has 0 saturated carbocycles. The highest BCUT2D eigenvalue weighted by molar-refractivity contribution is 5.94. The Labute approximate surface area is 145 Å². The molecule has 128 valence electrons. The monoisotopic (exact) mass is 337 g/mol. The van der Waals surface area contributed by atoms with Gasteiger partial charge in [0, 0.05) is 50.3 Å². The van der Waals surface area contributed by atoms with Crippen LogP contribution in [0.15, 0.2) is 43.5 Å². The zero-order valence-electron chi connectivity index (χ0n) is 14.0. The minimum Gasteiger partial charge on any atom is -0.333 e. The number of aromatic nitrogens is 6. The first-order valence-electron chi connectivity index (χ1n) is 8.22. The Hall–Kier alpha value is -3.03. The van der Waals surface area contributed by atoms with Crippen LogP contribution in [0.3, 0.4) is 0 Å². The Balaban J connectivity index is 1.61. The molecule has 4 heterocycles. The van der Waals surface area contributed by atoms with Crippen molar-refractivity contribution in [3.8, 4) is 0 Å². The van der Waals surface area contributed by atoms with Gasteiger partial charge in [0.1, 0.15) is 18.5 Å². The van der Waals surface area contributed by atoms with Crippen LogP contribution in [-0.4, -0.2) is 46.7 Å². The predicted octanol–water partition coefficient (Wildman–Crippen LogP) is 1.15. The first-order chi connectivity index (χ1) is 12.2. The molecular formula is C17H19N7O. The third-order valence-corrected chi connectivity index (χ3v) is 4.39. The van der Waals surface area contributed by atoms with E-state index in [9.17, 15) is 4.79 Å². The summed E-state index contributed by atoms with van der Waals surface area (Å²) in [5.74, 6) is 1.10. The molecule has 0 spiro atoms. The number of fused-ring (bicyclic) bond motifs is 1. The number of pyridine rings is 1. The van der Waals surface area contributed by atoms with Gasteiger partial charge in [-0.05, 0) is 18.6 Å². The van der Waals surface area contributed by atoms with Crippen LogP contribution in [0.4, 0.5) is 0 Å². The number of amides is 1. The Kier molecular flexibility index (Phi) is 4.01. The van der Waals surface area contributed by atoms with Crippen molar-refractivity contribution >= 4 is 5.91 Å². The first kappa shape index (κ1) is 15.5.